The number of hydrogen-bond donors (Lipinski definition) is 2. The predicted octanol–water partition coefficient (Wildman–Crippen LogP) is 3.08. The molecular formula is C17H23FN4S2. The molecule has 0 saturated carbocycles. The van der Waals surface area contributed by atoms with Crippen LogP contribution in [0, 0.1) is 5.92 Å². The molecule has 1 N–H and O–H groups in total. The van der Waals surface area contributed by atoms with Gasteiger partial charge in [0.25, 0.3) is 0 Å². The van der Waals surface area contributed by atoms with Gasteiger partial charge in [-0.3, -0.25) is 0 Å². The van der Waals surface area contributed by atoms with Crippen LogP contribution in [0.1, 0.15) is 25.1 Å². The lowest BCUT2D eigenvalue weighted by molar-refractivity contribution is 0.218. The molecule has 2 aliphatic rings. The maximum absolute atomic E-state index is 14.0. The van der Waals surface area contributed by atoms with Gasteiger partial charge in [0.2, 0.25) is 0 Å². The Kier molecular flexibility index (Phi) is 4.01. The van der Waals surface area contributed by atoms with Crippen LogP contribution in [0.4, 0.5) is 10.2 Å². The van der Waals surface area contributed by atoms with E-state index in [0.717, 1.165) is 53.5 Å². The summed E-state index contributed by atoms with van der Waals surface area (Å²) in [7, 11) is 0. The number of nitrogens with zero attached hydrogens (tertiary/aromatic N) is 3. The summed E-state index contributed by atoms with van der Waals surface area (Å²) >= 11 is 6.55. The molecule has 2 fully saturated rings. The number of rotatable bonds is 3. The molecule has 2 aliphatic heterocycles. The quantitative estimate of drug-likeness (QED) is 0.819. The second kappa shape index (κ2) is 5.81. The molecule has 0 bridgehead atoms. The van der Waals surface area contributed by atoms with Crippen molar-refractivity contribution in [3.63, 3.8) is 0 Å². The van der Waals surface area contributed by atoms with Crippen LogP contribution >= 0.6 is 24.0 Å². The predicted molar refractivity (Wildman–Crippen MR) is 101 cm³/mol. The maximum atomic E-state index is 14.0. The number of aromatic nitrogens is 2. The summed E-state index contributed by atoms with van der Waals surface area (Å²) < 4.78 is 14.0. The number of thiol groups is 1. The summed E-state index contributed by atoms with van der Waals surface area (Å²) in [6, 6.07) is 2.07. The van der Waals surface area contributed by atoms with Gasteiger partial charge >= 0.3 is 0 Å². The molecule has 130 valence electrons. The van der Waals surface area contributed by atoms with Crippen LogP contribution in [-0.4, -0.2) is 46.6 Å². The van der Waals surface area contributed by atoms with Gasteiger partial charge in [0, 0.05) is 35.7 Å². The first kappa shape index (κ1) is 16.5. The van der Waals surface area contributed by atoms with Crippen LogP contribution in [0.2, 0.25) is 0 Å². The van der Waals surface area contributed by atoms with E-state index in [0.29, 0.717) is 12.3 Å². The Bertz CT molecular complexity index is 757. The summed E-state index contributed by atoms with van der Waals surface area (Å²) in [4.78, 5) is 13.3. The van der Waals surface area contributed by atoms with E-state index >= 15 is 0 Å². The van der Waals surface area contributed by atoms with Gasteiger partial charge < -0.3 is 10.2 Å². The molecule has 0 aliphatic carbocycles. The fourth-order valence-electron chi connectivity index (χ4n) is 3.91. The van der Waals surface area contributed by atoms with Crippen molar-refractivity contribution < 1.29 is 4.39 Å². The Labute approximate surface area is 151 Å². The van der Waals surface area contributed by atoms with Crippen LogP contribution in [0.3, 0.4) is 0 Å². The number of nitrogens with one attached hydrogen (secondary N) is 1. The number of hydrogen-bond acceptors (Lipinski definition) is 6. The normalized spacial score (nSPS) is 27.7. The monoisotopic (exact) mass is 366 g/mol. The average Bonchev–Trinajstić information content (AvgIpc) is 3.04. The fourth-order valence-corrected chi connectivity index (χ4v) is 5.60. The zero-order valence-electron chi connectivity index (χ0n) is 14.0. The van der Waals surface area contributed by atoms with Gasteiger partial charge in [-0.1, -0.05) is 0 Å². The minimum absolute atomic E-state index is 0.00923. The van der Waals surface area contributed by atoms with Crippen LogP contribution in [0.5, 0.6) is 0 Å². The third kappa shape index (κ3) is 3.02. The molecule has 0 spiro atoms. The van der Waals surface area contributed by atoms with E-state index in [9.17, 15) is 4.39 Å². The molecule has 0 radical (unpaired) electrons. The van der Waals surface area contributed by atoms with Crippen molar-refractivity contribution in [3.05, 3.63) is 17.3 Å². The van der Waals surface area contributed by atoms with Gasteiger partial charge in [0.05, 0.1) is 5.39 Å². The summed E-state index contributed by atoms with van der Waals surface area (Å²) in [5.41, 5.74) is -1.21. The first-order valence-corrected chi connectivity index (χ1v) is 9.71. The fraction of sp³-hybridized carbons (Fsp3) is 0.647. The van der Waals surface area contributed by atoms with Gasteiger partial charge in [-0.2, -0.15) is 12.6 Å². The Hall–Kier alpha value is -0.920. The van der Waals surface area contributed by atoms with E-state index in [4.69, 9.17) is 12.6 Å². The SMILES string of the molecule is CC(C)(F)Cc1cc2c(N3C[C@H]4CCNC[C@@]4(S)C3)ncnc2s1. The van der Waals surface area contributed by atoms with Gasteiger partial charge in [0.1, 0.15) is 22.6 Å². The number of fused-ring (bicyclic) bond motifs is 2. The molecule has 2 atom stereocenters. The Morgan fingerprint density at radius 2 is 2.33 bits per heavy atom. The Morgan fingerprint density at radius 3 is 3.08 bits per heavy atom. The molecular weight excluding hydrogens is 343 g/mol. The Balaban J connectivity index is 1.67. The lowest BCUT2D eigenvalue weighted by Crippen LogP contribution is -2.48. The van der Waals surface area contributed by atoms with Gasteiger partial charge in [-0.15, -0.1) is 11.3 Å². The summed E-state index contributed by atoms with van der Waals surface area (Å²) in [6.45, 7) is 7.11. The number of halogens is 1. The molecule has 4 heterocycles. The van der Waals surface area contributed by atoms with Gasteiger partial charge in [-0.25, -0.2) is 14.4 Å². The summed E-state index contributed by atoms with van der Waals surface area (Å²) in [6.07, 6.45) is 3.19. The number of thiophene rings is 1. The van der Waals surface area contributed by atoms with Crippen molar-refractivity contribution in [1.82, 2.24) is 15.3 Å². The second-order valence-electron chi connectivity index (χ2n) is 7.67. The van der Waals surface area contributed by atoms with Gasteiger partial charge in [-0.05, 0) is 38.8 Å². The largest absolute Gasteiger partial charge is 0.354 e. The van der Waals surface area contributed by atoms with Crippen molar-refractivity contribution in [2.24, 2.45) is 5.92 Å². The van der Waals surface area contributed by atoms with Crippen molar-refractivity contribution >= 4 is 40.0 Å². The van der Waals surface area contributed by atoms with Crippen molar-refractivity contribution in [2.45, 2.75) is 37.1 Å². The van der Waals surface area contributed by atoms with E-state index in [1.54, 1.807) is 31.5 Å². The highest BCUT2D eigenvalue weighted by Crippen LogP contribution is 2.41. The highest BCUT2D eigenvalue weighted by Gasteiger charge is 2.46. The van der Waals surface area contributed by atoms with Crippen LogP contribution in [0.15, 0.2) is 12.4 Å². The first-order chi connectivity index (χ1) is 11.3. The standard InChI is InChI=1S/C17H23FN4S2/c1-16(2,18)6-12-5-13-14(20-10-21-15(13)24-12)22-7-11-3-4-19-8-17(11,23)9-22/h5,10-11,19,23H,3-4,6-9H2,1-2H3/t11-,17-/m1/s1. The van der Waals surface area contributed by atoms with Crippen molar-refractivity contribution in [1.29, 1.82) is 0 Å². The molecule has 0 unspecified atom stereocenters. The zero-order chi connectivity index (χ0) is 16.9. The van der Waals surface area contributed by atoms with Crippen LogP contribution in [0.25, 0.3) is 10.2 Å². The minimum atomic E-state index is -1.21. The van der Waals surface area contributed by atoms with Crippen molar-refractivity contribution in [3.8, 4) is 0 Å². The minimum Gasteiger partial charge on any atom is -0.354 e. The molecule has 24 heavy (non-hydrogen) atoms. The van der Waals surface area contributed by atoms with Gasteiger partial charge in [0.15, 0.2) is 0 Å². The molecule has 2 aromatic heterocycles. The smallest absolute Gasteiger partial charge is 0.140 e. The van der Waals surface area contributed by atoms with Crippen LogP contribution < -0.4 is 10.2 Å². The van der Waals surface area contributed by atoms with E-state index in [1.807, 2.05) is 0 Å². The number of alkyl halides is 1. The average molecular weight is 367 g/mol. The molecule has 0 aromatic carbocycles. The highest BCUT2D eigenvalue weighted by molar-refractivity contribution is 7.82. The molecule has 7 heteroatoms. The first-order valence-electron chi connectivity index (χ1n) is 8.44. The molecule has 0 amide bonds. The summed E-state index contributed by atoms with van der Waals surface area (Å²) in [5.74, 6) is 1.55. The topological polar surface area (TPSA) is 41.0 Å². The zero-order valence-corrected chi connectivity index (χ0v) is 15.8. The third-order valence-electron chi connectivity index (χ3n) is 5.02. The lowest BCUT2D eigenvalue weighted by Gasteiger charge is -2.34. The van der Waals surface area contributed by atoms with Crippen LogP contribution in [-0.2, 0) is 6.42 Å². The Morgan fingerprint density at radius 1 is 1.50 bits per heavy atom. The highest BCUT2D eigenvalue weighted by atomic mass is 32.1. The van der Waals surface area contributed by atoms with E-state index in [1.165, 1.54) is 0 Å². The second-order valence-corrected chi connectivity index (χ2v) is 9.68. The lowest BCUT2D eigenvalue weighted by atomic mass is 9.89. The molecule has 2 saturated heterocycles. The maximum Gasteiger partial charge on any atom is 0.140 e. The number of piperidine rings is 1. The summed E-state index contributed by atoms with van der Waals surface area (Å²) in [5, 5.41) is 4.51. The third-order valence-corrected chi connectivity index (χ3v) is 6.73. The van der Waals surface area contributed by atoms with E-state index < -0.39 is 5.67 Å². The molecule has 4 rings (SSSR count). The van der Waals surface area contributed by atoms with Crippen molar-refractivity contribution in [2.75, 3.05) is 31.1 Å². The molecule has 2 aromatic rings. The van der Waals surface area contributed by atoms with E-state index in [2.05, 4.69) is 26.3 Å². The van der Waals surface area contributed by atoms with E-state index in [-0.39, 0.29) is 4.75 Å². The number of anilines is 1. The molecule has 4 nitrogen and oxygen atoms in total.